The number of para-hydroxylation sites is 1. The van der Waals surface area contributed by atoms with Crippen molar-refractivity contribution in [1.82, 2.24) is 14.5 Å². The number of alkyl halides is 1. The van der Waals surface area contributed by atoms with Gasteiger partial charge in [0, 0.05) is 57.9 Å². The Kier molecular flexibility index (Phi) is 5.71. The van der Waals surface area contributed by atoms with Gasteiger partial charge in [0.25, 0.3) is 0 Å². The maximum absolute atomic E-state index is 12.6. The van der Waals surface area contributed by atoms with E-state index in [1.165, 1.54) is 16.3 Å². The molecule has 0 aliphatic heterocycles. The molecule has 0 spiro atoms. The third-order valence-electron chi connectivity index (χ3n) is 6.75. The quantitative estimate of drug-likeness (QED) is 0.225. The minimum absolute atomic E-state index is 0.244. The van der Waals surface area contributed by atoms with E-state index >= 15 is 0 Å². The molecule has 0 aliphatic rings. The Hall–Kier alpha value is -4.05. The topological polar surface area (TPSA) is 30.7 Å². The number of halogens is 1. The Morgan fingerprint density at radius 2 is 1.60 bits per heavy atom. The number of unbranched alkanes of at least 4 members (excludes halogenated alkanes) is 2. The molecule has 0 N–H and O–H groups in total. The Balaban J connectivity index is 1.53. The molecule has 6 rings (SSSR count). The predicted molar refractivity (Wildman–Crippen MR) is 143 cm³/mol. The summed E-state index contributed by atoms with van der Waals surface area (Å²) in [6.45, 7) is 0.627. The standard InChI is InChI=1S/C31H26FN3/c32-15-6-1-7-17-35-21-28(27-10-4-5-11-30(27)35)31-26-9-3-2-8-23(26)19-29(34-31)24-12-13-25-20-33-16-14-22(25)18-24/h2-5,8-14,16,18-21H,1,6-7,15,17H2. The fourth-order valence-corrected chi connectivity index (χ4v) is 4.97. The van der Waals surface area contributed by atoms with E-state index in [1.54, 1.807) is 0 Å². The van der Waals surface area contributed by atoms with Gasteiger partial charge in [0.15, 0.2) is 0 Å². The largest absolute Gasteiger partial charge is 0.347 e. The van der Waals surface area contributed by atoms with Crippen LogP contribution >= 0.6 is 0 Å². The lowest BCUT2D eigenvalue weighted by atomic mass is 9.99. The lowest BCUT2D eigenvalue weighted by molar-refractivity contribution is 0.449. The maximum Gasteiger partial charge on any atom is 0.0894 e. The number of nitrogens with zero attached hydrogens (tertiary/aromatic N) is 3. The molecule has 0 saturated heterocycles. The molecule has 3 aromatic heterocycles. The Morgan fingerprint density at radius 3 is 2.51 bits per heavy atom. The van der Waals surface area contributed by atoms with E-state index in [1.807, 2.05) is 18.5 Å². The highest BCUT2D eigenvalue weighted by Gasteiger charge is 2.16. The molecular weight excluding hydrogens is 433 g/mol. The second-order valence-electron chi connectivity index (χ2n) is 9.02. The summed E-state index contributed by atoms with van der Waals surface area (Å²) in [5, 5.41) is 5.77. The van der Waals surface area contributed by atoms with Gasteiger partial charge in [-0.15, -0.1) is 0 Å². The van der Waals surface area contributed by atoms with Crippen LogP contribution in [0.4, 0.5) is 4.39 Å². The highest BCUT2D eigenvalue weighted by Crippen LogP contribution is 2.36. The van der Waals surface area contributed by atoms with Crippen LogP contribution in [0.2, 0.25) is 0 Å². The molecule has 0 atom stereocenters. The molecule has 3 heterocycles. The van der Waals surface area contributed by atoms with Gasteiger partial charge in [-0.2, -0.15) is 0 Å². The molecule has 35 heavy (non-hydrogen) atoms. The van der Waals surface area contributed by atoms with Crippen LogP contribution in [0.3, 0.4) is 0 Å². The Morgan fingerprint density at radius 1 is 0.743 bits per heavy atom. The fraction of sp³-hybridized carbons (Fsp3) is 0.161. The third kappa shape index (κ3) is 4.06. The highest BCUT2D eigenvalue weighted by atomic mass is 19.1. The first kappa shape index (κ1) is 21.5. The molecule has 172 valence electrons. The van der Waals surface area contributed by atoms with Crippen LogP contribution in [0.1, 0.15) is 19.3 Å². The lowest BCUT2D eigenvalue weighted by Gasteiger charge is -2.10. The zero-order chi connectivity index (χ0) is 23.6. The predicted octanol–water partition coefficient (Wildman–Crippen LogP) is 8.21. The van der Waals surface area contributed by atoms with Crippen molar-refractivity contribution in [3.05, 3.63) is 97.5 Å². The zero-order valence-corrected chi connectivity index (χ0v) is 19.5. The zero-order valence-electron chi connectivity index (χ0n) is 19.5. The van der Waals surface area contributed by atoms with Crippen molar-refractivity contribution in [3.8, 4) is 22.5 Å². The third-order valence-corrected chi connectivity index (χ3v) is 6.75. The summed E-state index contributed by atoms with van der Waals surface area (Å²) in [5.41, 5.74) is 5.36. The summed E-state index contributed by atoms with van der Waals surface area (Å²) >= 11 is 0. The van der Waals surface area contributed by atoms with Gasteiger partial charge in [0.1, 0.15) is 0 Å². The van der Waals surface area contributed by atoms with Gasteiger partial charge in [-0.25, -0.2) is 4.98 Å². The summed E-state index contributed by atoms with van der Waals surface area (Å²) in [6.07, 6.45) is 8.43. The van der Waals surface area contributed by atoms with Gasteiger partial charge < -0.3 is 4.57 Å². The molecule has 0 radical (unpaired) electrons. The first-order chi connectivity index (χ1) is 17.3. The molecule has 0 aliphatic carbocycles. The summed E-state index contributed by atoms with van der Waals surface area (Å²) in [5.74, 6) is 0. The second kappa shape index (κ2) is 9.30. The van der Waals surface area contributed by atoms with Crippen molar-refractivity contribution < 1.29 is 4.39 Å². The van der Waals surface area contributed by atoms with Crippen LogP contribution in [0.5, 0.6) is 0 Å². The normalized spacial score (nSPS) is 11.6. The van der Waals surface area contributed by atoms with Crippen molar-refractivity contribution >= 4 is 32.4 Å². The SMILES string of the molecule is FCCCCCn1cc(-c2nc(-c3ccc4cnccc4c3)cc3ccccc23)c2ccccc21. The van der Waals surface area contributed by atoms with Gasteiger partial charge in [0.2, 0.25) is 0 Å². The number of hydrogen-bond acceptors (Lipinski definition) is 2. The number of aromatic nitrogens is 3. The van der Waals surface area contributed by atoms with Gasteiger partial charge in [0.05, 0.1) is 18.1 Å². The number of aryl methyl sites for hydroxylation is 1. The number of rotatable bonds is 7. The summed E-state index contributed by atoms with van der Waals surface area (Å²) in [7, 11) is 0. The van der Waals surface area contributed by atoms with Crippen molar-refractivity contribution in [2.24, 2.45) is 0 Å². The number of benzene rings is 3. The van der Waals surface area contributed by atoms with Crippen molar-refractivity contribution in [2.75, 3.05) is 6.67 Å². The van der Waals surface area contributed by atoms with Gasteiger partial charge >= 0.3 is 0 Å². The Bertz CT molecular complexity index is 1650. The van der Waals surface area contributed by atoms with Crippen LogP contribution in [-0.4, -0.2) is 21.2 Å². The van der Waals surface area contributed by atoms with Crippen molar-refractivity contribution in [3.63, 3.8) is 0 Å². The first-order valence-electron chi connectivity index (χ1n) is 12.2. The average Bonchev–Trinajstić information content (AvgIpc) is 3.28. The molecule has 6 aromatic rings. The number of fused-ring (bicyclic) bond motifs is 3. The van der Waals surface area contributed by atoms with Gasteiger partial charge in [-0.3, -0.25) is 9.37 Å². The van der Waals surface area contributed by atoms with Crippen molar-refractivity contribution in [2.45, 2.75) is 25.8 Å². The molecule has 4 heteroatoms. The fourth-order valence-electron chi connectivity index (χ4n) is 4.97. The lowest BCUT2D eigenvalue weighted by Crippen LogP contribution is -1.96. The average molecular weight is 460 g/mol. The number of pyridine rings is 2. The van der Waals surface area contributed by atoms with Crippen LogP contribution in [0.25, 0.3) is 55.0 Å². The van der Waals surface area contributed by atoms with E-state index in [0.29, 0.717) is 6.42 Å². The van der Waals surface area contributed by atoms with Gasteiger partial charge in [-0.05, 0) is 54.3 Å². The van der Waals surface area contributed by atoms with Crippen LogP contribution < -0.4 is 0 Å². The molecule has 3 aromatic carbocycles. The van der Waals surface area contributed by atoms with E-state index < -0.39 is 0 Å². The second-order valence-corrected chi connectivity index (χ2v) is 9.02. The van der Waals surface area contributed by atoms with E-state index in [0.717, 1.165) is 58.1 Å². The van der Waals surface area contributed by atoms with E-state index in [4.69, 9.17) is 4.98 Å². The minimum atomic E-state index is -0.244. The highest BCUT2D eigenvalue weighted by molar-refractivity contribution is 6.05. The molecular formula is C31H26FN3. The van der Waals surface area contributed by atoms with Crippen LogP contribution in [0, 0.1) is 0 Å². The van der Waals surface area contributed by atoms with Gasteiger partial charge in [-0.1, -0.05) is 54.6 Å². The maximum atomic E-state index is 12.6. The molecule has 0 bridgehead atoms. The monoisotopic (exact) mass is 459 g/mol. The van der Waals surface area contributed by atoms with Crippen molar-refractivity contribution in [1.29, 1.82) is 0 Å². The molecule has 0 fully saturated rings. The first-order valence-corrected chi connectivity index (χ1v) is 12.2. The molecule has 0 amide bonds. The van der Waals surface area contributed by atoms with Crippen LogP contribution in [0.15, 0.2) is 97.5 Å². The summed E-state index contributed by atoms with van der Waals surface area (Å²) < 4.78 is 14.9. The summed E-state index contributed by atoms with van der Waals surface area (Å²) in [6, 6.07) is 27.6. The molecule has 0 saturated carbocycles. The molecule has 3 nitrogen and oxygen atoms in total. The van der Waals surface area contributed by atoms with E-state index in [-0.39, 0.29) is 6.67 Å². The molecule has 0 unspecified atom stereocenters. The number of hydrogen-bond donors (Lipinski definition) is 0. The summed E-state index contributed by atoms with van der Waals surface area (Å²) in [4.78, 5) is 9.48. The Labute approximate surface area is 203 Å². The van der Waals surface area contributed by atoms with Crippen LogP contribution in [-0.2, 0) is 6.54 Å². The smallest absolute Gasteiger partial charge is 0.0894 e. The van der Waals surface area contributed by atoms with E-state index in [9.17, 15) is 4.39 Å². The minimum Gasteiger partial charge on any atom is -0.347 e. The van der Waals surface area contributed by atoms with E-state index in [2.05, 4.69) is 88.5 Å².